The number of piperazine rings is 1. The minimum Gasteiger partial charge on any atom is -0.491 e. The molecule has 26 heavy (non-hydrogen) atoms. The van der Waals surface area contributed by atoms with Crippen LogP contribution in [0.3, 0.4) is 0 Å². The number of benzene rings is 1. The molecule has 0 radical (unpaired) electrons. The minimum atomic E-state index is -0.561. The maximum atomic E-state index is 11.7. The van der Waals surface area contributed by atoms with Crippen LogP contribution in [0.25, 0.3) is 0 Å². The predicted molar refractivity (Wildman–Crippen MR) is 104 cm³/mol. The Morgan fingerprint density at radius 3 is 2.46 bits per heavy atom. The Bertz CT molecular complexity index is 548. The highest BCUT2D eigenvalue weighted by molar-refractivity contribution is 5.85. The third-order valence-corrected chi connectivity index (χ3v) is 4.34. The number of aliphatic hydroxyl groups excluding tert-OH is 1. The highest BCUT2D eigenvalue weighted by Gasteiger charge is 2.23. The van der Waals surface area contributed by atoms with Crippen molar-refractivity contribution in [3.05, 3.63) is 29.8 Å². The van der Waals surface area contributed by atoms with Crippen molar-refractivity contribution < 1.29 is 19.4 Å². The van der Waals surface area contributed by atoms with E-state index < -0.39 is 6.10 Å². The van der Waals surface area contributed by atoms with Crippen molar-refractivity contribution in [1.29, 1.82) is 0 Å². The van der Waals surface area contributed by atoms with Crippen molar-refractivity contribution in [3.63, 3.8) is 0 Å². The van der Waals surface area contributed by atoms with E-state index in [0.717, 1.165) is 24.4 Å². The van der Waals surface area contributed by atoms with E-state index in [1.165, 1.54) is 0 Å². The topological polar surface area (TPSA) is 62.2 Å². The molecule has 1 N–H and O–H groups in total. The molecule has 0 spiro atoms. The molecule has 1 saturated heterocycles. The van der Waals surface area contributed by atoms with E-state index in [9.17, 15) is 9.90 Å². The van der Waals surface area contributed by atoms with Crippen LogP contribution in [0.5, 0.6) is 5.75 Å². The summed E-state index contributed by atoms with van der Waals surface area (Å²) in [7, 11) is 0. The van der Waals surface area contributed by atoms with Crippen molar-refractivity contribution in [3.8, 4) is 5.75 Å². The number of carbonyl (C=O) groups excluding carboxylic acids is 1. The number of hydrogen-bond donors (Lipinski definition) is 1. The summed E-state index contributed by atoms with van der Waals surface area (Å²) >= 11 is 0. The maximum absolute atomic E-state index is 11.7. The Kier molecular flexibility index (Phi) is 9.76. The van der Waals surface area contributed by atoms with Crippen LogP contribution in [0, 0.1) is 0 Å². The number of ether oxygens (including phenoxy) is 2. The molecule has 1 aromatic rings. The lowest BCUT2D eigenvalue weighted by Gasteiger charge is -2.34. The highest BCUT2D eigenvalue weighted by Crippen LogP contribution is 2.25. The molecule has 0 saturated carbocycles. The zero-order valence-corrected chi connectivity index (χ0v) is 16.7. The van der Waals surface area contributed by atoms with Gasteiger partial charge in [-0.15, -0.1) is 12.4 Å². The Morgan fingerprint density at radius 1 is 1.19 bits per heavy atom. The third-order valence-electron chi connectivity index (χ3n) is 4.34. The fourth-order valence-corrected chi connectivity index (χ4v) is 2.95. The van der Waals surface area contributed by atoms with Gasteiger partial charge in [0.2, 0.25) is 0 Å². The SMILES string of the molecule is CCOC(=O)N1CCN(CC(O)COc2ccccc2C(C)C)CC1.Cl. The van der Waals surface area contributed by atoms with Gasteiger partial charge in [0.25, 0.3) is 0 Å². The fraction of sp³-hybridized carbons (Fsp3) is 0.632. The van der Waals surface area contributed by atoms with Crippen molar-refractivity contribution in [2.75, 3.05) is 45.9 Å². The summed E-state index contributed by atoms with van der Waals surface area (Å²) in [6.45, 7) is 9.99. The van der Waals surface area contributed by atoms with E-state index in [1.54, 1.807) is 4.90 Å². The van der Waals surface area contributed by atoms with Gasteiger partial charge in [-0.1, -0.05) is 32.0 Å². The second-order valence-corrected chi connectivity index (χ2v) is 6.64. The third kappa shape index (κ3) is 6.67. The van der Waals surface area contributed by atoms with Crippen LogP contribution in [0.15, 0.2) is 24.3 Å². The van der Waals surface area contributed by atoms with Gasteiger partial charge in [-0.25, -0.2) is 4.79 Å². The first-order valence-corrected chi connectivity index (χ1v) is 9.05. The smallest absolute Gasteiger partial charge is 0.409 e. The number of hydrogen-bond acceptors (Lipinski definition) is 5. The molecule has 1 atom stereocenters. The number of para-hydroxylation sites is 1. The van der Waals surface area contributed by atoms with Crippen LogP contribution in [-0.2, 0) is 4.74 Å². The predicted octanol–water partition coefficient (Wildman–Crippen LogP) is 2.75. The highest BCUT2D eigenvalue weighted by atomic mass is 35.5. The van der Waals surface area contributed by atoms with E-state index in [1.807, 2.05) is 25.1 Å². The van der Waals surface area contributed by atoms with E-state index in [2.05, 4.69) is 24.8 Å². The molecule has 2 rings (SSSR count). The van der Waals surface area contributed by atoms with Crippen LogP contribution >= 0.6 is 12.4 Å². The molecule has 0 aromatic heterocycles. The molecule has 1 aliphatic rings. The number of rotatable bonds is 7. The normalized spacial score (nSPS) is 16.1. The van der Waals surface area contributed by atoms with Gasteiger partial charge < -0.3 is 19.5 Å². The summed E-state index contributed by atoms with van der Waals surface area (Å²) in [6.07, 6.45) is -0.814. The van der Waals surface area contributed by atoms with Crippen LogP contribution in [0.1, 0.15) is 32.3 Å². The van der Waals surface area contributed by atoms with Gasteiger partial charge in [-0.05, 0) is 24.5 Å². The number of nitrogens with zero attached hydrogens (tertiary/aromatic N) is 2. The largest absolute Gasteiger partial charge is 0.491 e. The van der Waals surface area contributed by atoms with Gasteiger partial charge in [0.15, 0.2) is 0 Å². The molecule has 1 aromatic carbocycles. The Hall–Kier alpha value is -1.50. The van der Waals surface area contributed by atoms with Gasteiger partial charge in [0.05, 0.1) is 6.61 Å². The number of halogens is 1. The molecule has 148 valence electrons. The quantitative estimate of drug-likeness (QED) is 0.780. The lowest BCUT2D eigenvalue weighted by Crippen LogP contribution is -2.51. The van der Waals surface area contributed by atoms with Gasteiger partial charge in [-0.2, -0.15) is 0 Å². The average Bonchev–Trinajstić information content (AvgIpc) is 2.61. The van der Waals surface area contributed by atoms with E-state index in [0.29, 0.717) is 32.2 Å². The van der Waals surface area contributed by atoms with Gasteiger partial charge in [0.1, 0.15) is 18.5 Å². The zero-order valence-electron chi connectivity index (χ0n) is 15.9. The second-order valence-electron chi connectivity index (χ2n) is 6.64. The Balaban J connectivity index is 0.00000338. The Labute approximate surface area is 162 Å². The van der Waals surface area contributed by atoms with Crippen LogP contribution in [-0.4, -0.2) is 73.0 Å². The maximum Gasteiger partial charge on any atom is 0.409 e. The fourth-order valence-electron chi connectivity index (χ4n) is 2.95. The first-order chi connectivity index (χ1) is 12.0. The monoisotopic (exact) mass is 386 g/mol. The molecule has 0 bridgehead atoms. The summed E-state index contributed by atoms with van der Waals surface area (Å²) in [6, 6.07) is 7.95. The van der Waals surface area contributed by atoms with Crippen molar-refractivity contribution in [2.45, 2.75) is 32.8 Å². The number of amides is 1. The summed E-state index contributed by atoms with van der Waals surface area (Å²) in [5.41, 5.74) is 1.15. The number of β-amino-alcohol motifs (C(OH)–C–C–N with tert-alkyl or cyclic N) is 1. The lowest BCUT2D eigenvalue weighted by molar-refractivity contribution is 0.0405. The molecule has 1 amide bonds. The first kappa shape index (κ1) is 22.5. The van der Waals surface area contributed by atoms with Crippen molar-refractivity contribution in [1.82, 2.24) is 9.80 Å². The molecular weight excluding hydrogens is 356 g/mol. The zero-order chi connectivity index (χ0) is 18.2. The number of aliphatic hydroxyl groups is 1. The summed E-state index contributed by atoms with van der Waals surface area (Å²) in [5.74, 6) is 1.22. The van der Waals surface area contributed by atoms with Crippen LogP contribution in [0.4, 0.5) is 4.79 Å². The average molecular weight is 387 g/mol. The van der Waals surface area contributed by atoms with Crippen molar-refractivity contribution in [2.24, 2.45) is 0 Å². The van der Waals surface area contributed by atoms with Gasteiger partial charge >= 0.3 is 6.09 Å². The summed E-state index contributed by atoms with van der Waals surface area (Å²) in [5, 5.41) is 10.3. The van der Waals surface area contributed by atoms with Gasteiger partial charge in [0, 0.05) is 32.7 Å². The van der Waals surface area contributed by atoms with E-state index >= 15 is 0 Å². The first-order valence-electron chi connectivity index (χ1n) is 9.05. The van der Waals surface area contributed by atoms with E-state index in [4.69, 9.17) is 9.47 Å². The molecular formula is C19H31ClN2O4. The molecule has 1 fully saturated rings. The molecule has 1 aliphatic heterocycles. The number of carbonyl (C=O) groups is 1. The summed E-state index contributed by atoms with van der Waals surface area (Å²) < 4.78 is 10.8. The van der Waals surface area contributed by atoms with Crippen molar-refractivity contribution >= 4 is 18.5 Å². The molecule has 0 aliphatic carbocycles. The molecule has 6 nitrogen and oxygen atoms in total. The van der Waals surface area contributed by atoms with Crippen LogP contribution in [0.2, 0.25) is 0 Å². The standard InChI is InChI=1S/C19H30N2O4.ClH/c1-4-24-19(23)21-11-9-20(10-12-21)13-16(22)14-25-18-8-6-5-7-17(18)15(2)3;/h5-8,15-16,22H,4,9-14H2,1-3H3;1H. The second kappa shape index (κ2) is 11.3. The summed E-state index contributed by atoms with van der Waals surface area (Å²) in [4.78, 5) is 15.5. The molecule has 1 heterocycles. The Morgan fingerprint density at radius 2 is 1.85 bits per heavy atom. The molecule has 7 heteroatoms. The van der Waals surface area contributed by atoms with E-state index in [-0.39, 0.29) is 25.1 Å². The minimum absolute atomic E-state index is 0. The lowest BCUT2D eigenvalue weighted by atomic mass is 10.0. The molecule has 1 unspecified atom stereocenters. The van der Waals surface area contributed by atoms with Crippen LogP contribution < -0.4 is 4.74 Å². The van der Waals surface area contributed by atoms with Gasteiger partial charge in [-0.3, -0.25) is 4.90 Å².